The summed E-state index contributed by atoms with van der Waals surface area (Å²) in [6.45, 7) is 6.29. The van der Waals surface area contributed by atoms with E-state index in [1.165, 1.54) is 0 Å². The third-order valence-electron chi connectivity index (χ3n) is 6.95. The first-order valence-electron chi connectivity index (χ1n) is 11.6. The largest absolute Gasteiger partial charge is 0.484 e. The highest BCUT2D eigenvalue weighted by molar-refractivity contribution is 5.94. The van der Waals surface area contributed by atoms with Gasteiger partial charge in [-0.2, -0.15) is 0 Å². The van der Waals surface area contributed by atoms with Gasteiger partial charge in [-0.25, -0.2) is 0 Å². The molecule has 0 saturated carbocycles. The van der Waals surface area contributed by atoms with Crippen LogP contribution in [0.3, 0.4) is 0 Å². The van der Waals surface area contributed by atoms with Gasteiger partial charge in [0.05, 0.1) is 6.04 Å². The lowest BCUT2D eigenvalue weighted by molar-refractivity contribution is -0.139. The molecule has 3 amide bonds. The van der Waals surface area contributed by atoms with Gasteiger partial charge in [0.1, 0.15) is 5.75 Å². The molecular formula is C24H33N3O4. The van der Waals surface area contributed by atoms with Crippen LogP contribution in [-0.4, -0.2) is 76.8 Å². The van der Waals surface area contributed by atoms with E-state index in [4.69, 9.17) is 4.74 Å². The molecule has 1 aromatic rings. The van der Waals surface area contributed by atoms with Gasteiger partial charge in [-0.1, -0.05) is 0 Å². The number of ether oxygens (including phenoxy) is 1. The molecule has 0 bridgehead atoms. The molecule has 4 rings (SSSR count). The molecule has 0 unspecified atom stereocenters. The van der Waals surface area contributed by atoms with Gasteiger partial charge in [0.25, 0.3) is 11.8 Å². The second-order valence-corrected chi connectivity index (χ2v) is 9.13. The summed E-state index contributed by atoms with van der Waals surface area (Å²) in [5.74, 6) is 0.792. The second-order valence-electron chi connectivity index (χ2n) is 9.13. The number of carbonyl (C=O) groups excluding carboxylic acids is 3. The summed E-state index contributed by atoms with van der Waals surface area (Å²) in [7, 11) is 0. The number of carbonyl (C=O) groups is 3. The number of hydrogen-bond acceptors (Lipinski definition) is 4. The molecule has 3 aliphatic rings. The maximum absolute atomic E-state index is 12.9. The number of amides is 3. The van der Waals surface area contributed by atoms with Gasteiger partial charge in [0.2, 0.25) is 5.91 Å². The molecule has 7 nitrogen and oxygen atoms in total. The van der Waals surface area contributed by atoms with Crippen molar-refractivity contribution in [3.8, 4) is 5.75 Å². The van der Waals surface area contributed by atoms with Crippen LogP contribution in [0.2, 0.25) is 0 Å². The molecule has 0 aromatic heterocycles. The van der Waals surface area contributed by atoms with Crippen molar-refractivity contribution in [2.45, 2.75) is 70.5 Å². The fraction of sp³-hybridized carbons (Fsp3) is 0.625. The molecule has 3 fully saturated rings. The summed E-state index contributed by atoms with van der Waals surface area (Å²) >= 11 is 0. The predicted octanol–water partition coefficient (Wildman–Crippen LogP) is 2.69. The predicted molar refractivity (Wildman–Crippen MR) is 117 cm³/mol. The van der Waals surface area contributed by atoms with Crippen molar-refractivity contribution in [2.75, 3.05) is 26.2 Å². The van der Waals surface area contributed by atoms with Crippen LogP contribution in [-0.2, 0) is 9.59 Å². The van der Waals surface area contributed by atoms with E-state index in [1.807, 2.05) is 14.7 Å². The number of benzene rings is 1. The maximum Gasteiger partial charge on any atom is 0.260 e. The van der Waals surface area contributed by atoms with E-state index in [-0.39, 0.29) is 42.5 Å². The summed E-state index contributed by atoms with van der Waals surface area (Å²) in [5.41, 5.74) is 0.602. The van der Waals surface area contributed by atoms with Crippen LogP contribution < -0.4 is 4.74 Å². The zero-order valence-corrected chi connectivity index (χ0v) is 18.6. The van der Waals surface area contributed by atoms with Crippen LogP contribution in [0.1, 0.15) is 62.7 Å². The van der Waals surface area contributed by atoms with Crippen molar-refractivity contribution in [2.24, 2.45) is 0 Å². The summed E-state index contributed by atoms with van der Waals surface area (Å²) in [4.78, 5) is 43.2. The Labute approximate surface area is 184 Å². The molecule has 3 atom stereocenters. The fourth-order valence-electron chi connectivity index (χ4n) is 5.24. The Bertz CT molecular complexity index is 815. The Hall–Kier alpha value is -2.57. The van der Waals surface area contributed by atoms with Crippen LogP contribution in [0.25, 0.3) is 0 Å². The highest BCUT2D eigenvalue weighted by Gasteiger charge is 2.35. The number of nitrogens with zero attached hydrogens (tertiary/aromatic N) is 3. The van der Waals surface area contributed by atoms with Crippen molar-refractivity contribution in [1.29, 1.82) is 0 Å². The second kappa shape index (κ2) is 9.28. The summed E-state index contributed by atoms with van der Waals surface area (Å²) < 4.78 is 5.71. The quantitative estimate of drug-likeness (QED) is 0.725. The molecule has 1 aromatic carbocycles. The molecule has 0 radical (unpaired) electrons. The van der Waals surface area contributed by atoms with Crippen molar-refractivity contribution in [3.63, 3.8) is 0 Å². The molecule has 3 aliphatic heterocycles. The fourth-order valence-corrected chi connectivity index (χ4v) is 5.24. The Morgan fingerprint density at radius 2 is 1.71 bits per heavy atom. The van der Waals surface area contributed by atoms with Gasteiger partial charge in [-0.05, 0) is 70.2 Å². The van der Waals surface area contributed by atoms with E-state index in [0.717, 1.165) is 38.6 Å². The highest BCUT2D eigenvalue weighted by Crippen LogP contribution is 2.24. The first-order valence-corrected chi connectivity index (χ1v) is 11.6. The first kappa shape index (κ1) is 21.7. The number of hydrogen-bond donors (Lipinski definition) is 0. The van der Waals surface area contributed by atoms with Crippen molar-refractivity contribution >= 4 is 17.7 Å². The molecule has 0 aliphatic carbocycles. The normalized spacial score (nSPS) is 26.5. The highest BCUT2D eigenvalue weighted by atomic mass is 16.5. The monoisotopic (exact) mass is 427 g/mol. The van der Waals surface area contributed by atoms with E-state index < -0.39 is 0 Å². The van der Waals surface area contributed by atoms with Crippen molar-refractivity contribution in [1.82, 2.24) is 14.7 Å². The van der Waals surface area contributed by atoms with E-state index in [2.05, 4.69) is 13.8 Å². The first-order chi connectivity index (χ1) is 14.9. The number of piperidine rings is 1. The summed E-state index contributed by atoms with van der Waals surface area (Å²) in [6.07, 6.45) is 5.63. The van der Waals surface area contributed by atoms with Crippen LogP contribution in [0.15, 0.2) is 24.3 Å². The molecule has 3 heterocycles. The summed E-state index contributed by atoms with van der Waals surface area (Å²) in [5, 5.41) is 0. The lowest BCUT2D eigenvalue weighted by Crippen LogP contribution is -2.49. The molecule has 3 saturated heterocycles. The average Bonchev–Trinajstić information content (AvgIpc) is 3.41. The third-order valence-corrected chi connectivity index (χ3v) is 6.95. The molecular weight excluding hydrogens is 394 g/mol. The standard InChI is InChI=1S/C24H33N3O4/c1-17-5-3-6-18(2)27(17)23(29)16-31-21-10-8-19(9-11-21)24(30)25-14-12-20(15-25)26-13-4-7-22(26)28/h8-11,17-18,20H,3-7,12-16H2,1-2H3/t17-,18-,20+/m1/s1. The Morgan fingerprint density at radius 1 is 1.00 bits per heavy atom. The summed E-state index contributed by atoms with van der Waals surface area (Å²) in [6, 6.07) is 7.65. The van der Waals surface area contributed by atoms with Crippen LogP contribution in [0.5, 0.6) is 5.75 Å². The minimum atomic E-state index is -0.0206. The Kier molecular flexibility index (Phi) is 6.49. The molecule has 168 valence electrons. The maximum atomic E-state index is 12.9. The zero-order chi connectivity index (χ0) is 22.0. The van der Waals surface area contributed by atoms with E-state index >= 15 is 0 Å². The lowest BCUT2D eigenvalue weighted by Gasteiger charge is -2.38. The van der Waals surface area contributed by atoms with E-state index in [0.29, 0.717) is 30.8 Å². The molecule has 0 spiro atoms. The van der Waals surface area contributed by atoms with Crippen LogP contribution in [0.4, 0.5) is 0 Å². The third kappa shape index (κ3) is 4.70. The van der Waals surface area contributed by atoms with Gasteiger partial charge in [0, 0.05) is 43.7 Å². The van der Waals surface area contributed by atoms with Gasteiger partial charge in [-0.15, -0.1) is 0 Å². The number of likely N-dealkylation sites (tertiary alicyclic amines) is 3. The van der Waals surface area contributed by atoms with Crippen molar-refractivity contribution in [3.05, 3.63) is 29.8 Å². The molecule has 7 heteroatoms. The topological polar surface area (TPSA) is 70.2 Å². The van der Waals surface area contributed by atoms with Crippen LogP contribution in [0, 0.1) is 0 Å². The molecule has 31 heavy (non-hydrogen) atoms. The van der Waals surface area contributed by atoms with Gasteiger partial charge in [0.15, 0.2) is 6.61 Å². The Balaban J connectivity index is 1.29. The van der Waals surface area contributed by atoms with E-state index in [9.17, 15) is 14.4 Å². The van der Waals surface area contributed by atoms with Crippen molar-refractivity contribution < 1.29 is 19.1 Å². The minimum Gasteiger partial charge on any atom is -0.484 e. The van der Waals surface area contributed by atoms with E-state index in [1.54, 1.807) is 24.3 Å². The SMILES string of the molecule is C[C@@H]1CCC[C@@H](C)N1C(=O)COc1ccc(C(=O)N2CC[C@H](N3CCCC3=O)C2)cc1. The van der Waals surface area contributed by atoms with Crippen LogP contribution >= 0.6 is 0 Å². The lowest BCUT2D eigenvalue weighted by atomic mass is 9.97. The van der Waals surface area contributed by atoms with Gasteiger partial charge in [-0.3, -0.25) is 14.4 Å². The molecule has 0 N–H and O–H groups in total. The van der Waals surface area contributed by atoms with Gasteiger partial charge < -0.3 is 19.4 Å². The number of rotatable bonds is 5. The average molecular weight is 428 g/mol. The van der Waals surface area contributed by atoms with Gasteiger partial charge >= 0.3 is 0 Å². The smallest absolute Gasteiger partial charge is 0.260 e. The zero-order valence-electron chi connectivity index (χ0n) is 18.6. The Morgan fingerprint density at radius 3 is 2.35 bits per heavy atom. The minimum absolute atomic E-state index is 0.0134.